The quantitative estimate of drug-likeness (QED) is 0.861. The number of amides is 1. The van der Waals surface area contributed by atoms with Crippen LogP contribution < -0.4 is 5.32 Å². The zero-order valence-electron chi connectivity index (χ0n) is 11.5. The maximum Gasteiger partial charge on any atom is 0.407 e. The molecule has 3 nitrogen and oxygen atoms in total. The van der Waals surface area contributed by atoms with Crippen LogP contribution in [0, 0.1) is 5.92 Å². The molecule has 3 atom stereocenters. The highest BCUT2D eigenvalue weighted by Crippen LogP contribution is 2.39. The molecule has 0 unspecified atom stereocenters. The van der Waals surface area contributed by atoms with Crippen molar-refractivity contribution < 1.29 is 9.53 Å². The van der Waals surface area contributed by atoms with E-state index in [1.807, 2.05) is 25.1 Å². The van der Waals surface area contributed by atoms with Crippen molar-refractivity contribution in [1.29, 1.82) is 0 Å². The van der Waals surface area contributed by atoms with Crippen molar-refractivity contribution in [3.63, 3.8) is 0 Å². The van der Waals surface area contributed by atoms with Crippen molar-refractivity contribution in [1.82, 2.24) is 5.32 Å². The number of nitrogens with one attached hydrogen (secondary N) is 1. The summed E-state index contributed by atoms with van der Waals surface area (Å²) in [6.45, 7) is 6.11. The standard InChI is InChI=1S/C15H20ClNO2/c1-10(2)13-12(11-7-5-4-6-8-11)15(3,9-16)17-14(18)19-13/h4-8,10,12-13H,9H2,1-3H3,(H,17,18)/t12-,13-,15+/m0/s1. The fourth-order valence-electron chi connectivity index (χ4n) is 2.75. The van der Waals surface area contributed by atoms with Crippen LogP contribution in [0.5, 0.6) is 0 Å². The highest BCUT2D eigenvalue weighted by atomic mass is 35.5. The van der Waals surface area contributed by atoms with Gasteiger partial charge < -0.3 is 10.1 Å². The Morgan fingerprint density at radius 3 is 2.53 bits per heavy atom. The predicted molar refractivity (Wildman–Crippen MR) is 76.6 cm³/mol. The molecule has 1 N–H and O–H groups in total. The molecule has 0 bridgehead atoms. The van der Waals surface area contributed by atoms with Gasteiger partial charge in [0.2, 0.25) is 0 Å². The Labute approximate surface area is 119 Å². The molecular weight excluding hydrogens is 262 g/mol. The molecule has 1 aliphatic heterocycles. The molecule has 1 fully saturated rings. The Hall–Kier alpha value is -1.22. The van der Waals surface area contributed by atoms with Gasteiger partial charge in [-0.15, -0.1) is 11.6 Å². The topological polar surface area (TPSA) is 38.3 Å². The molecular formula is C15H20ClNO2. The van der Waals surface area contributed by atoms with Crippen LogP contribution in [-0.2, 0) is 4.74 Å². The molecule has 0 aliphatic carbocycles. The molecule has 2 rings (SSSR count). The first-order valence-corrected chi connectivity index (χ1v) is 7.11. The summed E-state index contributed by atoms with van der Waals surface area (Å²) in [5.74, 6) is 0.632. The average molecular weight is 282 g/mol. The van der Waals surface area contributed by atoms with E-state index >= 15 is 0 Å². The van der Waals surface area contributed by atoms with Crippen molar-refractivity contribution in [3.8, 4) is 0 Å². The van der Waals surface area contributed by atoms with Gasteiger partial charge in [-0.1, -0.05) is 44.2 Å². The number of ether oxygens (including phenoxy) is 1. The number of hydrogen-bond acceptors (Lipinski definition) is 2. The first-order valence-electron chi connectivity index (χ1n) is 6.57. The van der Waals surface area contributed by atoms with Crippen LogP contribution in [0.1, 0.15) is 32.3 Å². The predicted octanol–water partition coefficient (Wildman–Crippen LogP) is 3.53. The summed E-state index contributed by atoms with van der Waals surface area (Å²) in [5.41, 5.74) is 0.650. The van der Waals surface area contributed by atoms with E-state index in [1.165, 1.54) is 0 Å². The Bertz CT molecular complexity index is 449. The van der Waals surface area contributed by atoms with Crippen LogP contribution in [0.15, 0.2) is 30.3 Å². The zero-order valence-corrected chi connectivity index (χ0v) is 12.3. The summed E-state index contributed by atoms with van der Waals surface area (Å²) < 4.78 is 5.50. The van der Waals surface area contributed by atoms with Crippen molar-refractivity contribution in [3.05, 3.63) is 35.9 Å². The maximum absolute atomic E-state index is 11.7. The van der Waals surface area contributed by atoms with Gasteiger partial charge in [0.1, 0.15) is 6.10 Å². The number of halogens is 1. The summed E-state index contributed by atoms with van der Waals surface area (Å²) in [4.78, 5) is 11.7. The van der Waals surface area contributed by atoms with Crippen LogP contribution >= 0.6 is 11.6 Å². The second-order valence-electron chi connectivity index (χ2n) is 5.68. The molecule has 1 saturated heterocycles. The second-order valence-corrected chi connectivity index (χ2v) is 5.95. The minimum absolute atomic E-state index is 0.0453. The smallest absolute Gasteiger partial charge is 0.407 e. The van der Waals surface area contributed by atoms with E-state index in [4.69, 9.17) is 16.3 Å². The minimum atomic E-state index is -0.493. The van der Waals surface area contributed by atoms with Gasteiger partial charge in [0, 0.05) is 11.8 Å². The van der Waals surface area contributed by atoms with E-state index < -0.39 is 5.54 Å². The van der Waals surface area contributed by atoms with E-state index in [-0.39, 0.29) is 24.0 Å². The van der Waals surface area contributed by atoms with Gasteiger partial charge in [0.15, 0.2) is 0 Å². The van der Waals surface area contributed by atoms with Crippen molar-refractivity contribution in [2.24, 2.45) is 5.92 Å². The summed E-state index contributed by atoms with van der Waals surface area (Å²) >= 11 is 6.13. The number of rotatable bonds is 3. The molecule has 104 valence electrons. The Morgan fingerprint density at radius 1 is 1.37 bits per heavy atom. The fraction of sp³-hybridized carbons (Fsp3) is 0.533. The van der Waals surface area contributed by atoms with E-state index in [1.54, 1.807) is 0 Å². The maximum atomic E-state index is 11.7. The third kappa shape index (κ3) is 2.71. The van der Waals surface area contributed by atoms with E-state index in [0.717, 1.165) is 5.56 Å². The first-order chi connectivity index (χ1) is 8.98. The van der Waals surface area contributed by atoms with Crippen molar-refractivity contribution in [2.75, 3.05) is 5.88 Å². The molecule has 0 aromatic heterocycles. The lowest BCUT2D eigenvalue weighted by atomic mass is 9.74. The summed E-state index contributed by atoms with van der Waals surface area (Å²) in [5, 5.41) is 2.88. The molecule has 1 amide bonds. The Kier molecular flexibility index (Phi) is 4.04. The third-order valence-electron chi connectivity index (χ3n) is 3.74. The zero-order chi connectivity index (χ0) is 14.0. The largest absolute Gasteiger partial charge is 0.445 e. The molecule has 4 heteroatoms. The van der Waals surface area contributed by atoms with E-state index in [9.17, 15) is 4.79 Å². The van der Waals surface area contributed by atoms with Gasteiger partial charge >= 0.3 is 6.09 Å². The Balaban J connectivity index is 2.45. The molecule has 1 heterocycles. The lowest BCUT2D eigenvalue weighted by molar-refractivity contribution is -0.00153. The van der Waals surface area contributed by atoms with Gasteiger partial charge in [-0.25, -0.2) is 4.79 Å². The van der Waals surface area contributed by atoms with Crippen LogP contribution in [0.25, 0.3) is 0 Å². The monoisotopic (exact) mass is 281 g/mol. The molecule has 1 aromatic rings. The molecule has 0 spiro atoms. The van der Waals surface area contributed by atoms with Gasteiger partial charge in [0.05, 0.1) is 5.54 Å². The second kappa shape index (κ2) is 5.41. The number of alkyl halides is 1. The normalized spacial score (nSPS) is 30.9. The summed E-state index contributed by atoms with van der Waals surface area (Å²) in [6, 6.07) is 10.1. The SMILES string of the molecule is CC(C)[C@@H]1OC(=O)N[C@](C)(CCl)[C@H]1c1ccccc1. The summed E-state index contributed by atoms with van der Waals surface area (Å²) in [6.07, 6.45) is -0.547. The number of carbonyl (C=O) groups excluding carboxylic acids is 1. The molecule has 0 radical (unpaired) electrons. The van der Waals surface area contributed by atoms with Gasteiger partial charge in [0.25, 0.3) is 0 Å². The van der Waals surface area contributed by atoms with Gasteiger partial charge in [-0.05, 0) is 18.4 Å². The fourth-order valence-corrected chi connectivity index (χ4v) is 2.98. The molecule has 0 saturated carbocycles. The first kappa shape index (κ1) is 14.2. The van der Waals surface area contributed by atoms with Crippen molar-refractivity contribution >= 4 is 17.7 Å². The number of cyclic esters (lactones) is 1. The Morgan fingerprint density at radius 2 is 2.00 bits per heavy atom. The van der Waals surface area contributed by atoms with Crippen LogP contribution in [0.4, 0.5) is 4.79 Å². The van der Waals surface area contributed by atoms with Gasteiger partial charge in [-0.3, -0.25) is 0 Å². The highest BCUT2D eigenvalue weighted by molar-refractivity contribution is 6.18. The van der Waals surface area contributed by atoms with Crippen molar-refractivity contribution in [2.45, 2.75) is 38.3 Å². The van der Waals surface area contributed by atoms with Crippen LogP contribution in [-0.4, -0.2) is 23.6 Å². The third-order valence-corrected chi connectivity index (χ3v) is 4.29. The van der Waals surface area contributed by atoms with E-state index in [0.29, 0.717) is 5.88 Å². The van der Waals surface area contributed by atoms with Gasteiger partial charge in [-0.2, -0.15) is 0 Å². The number of hydrogen-bond donors (Lipinski definition) is 1. The lowest BCUT2D eigenvalue weighted by Gasteiger charge is -2.46. The highest BCUT2D eigenvalue weighted by Gasteiger charge is 2.48. The number of benzene rings is 1. The molecule has 1 aromatic carbocycles. The average Bonchev–Trinajstić information content (AvgIpc) is 2.38. The number of alkyl carbamates (subject to hydrolysis) is 1. The summed E-state index contributed by atoms with van der Waals surface area (Å²) in [7, 11) is 0. The van der Waals surface area contributed by atoms with Crippen LogP contribution in [0.3, 0.4) is 0 Å². The minimum Gasteiger partial charge on any atom is -0.445 e. The van der Waals surface area contributed by atoms with E-state index in [2.05, 4.69) is 31.3 Å². The molecule has 19 heavy (non-hydrogen) atoms. The number of carbonyl (C=O) groups is 1. The van der Waals surface area contributed by atoms with Crippen LogP contribution in [0.2, 0.25) is 0 Å². The molecule has 1 aliphatic rings. The lowest BCUT2D eigenvalue weighted by Crippen LogP contribution is -2.61.